The maximum Gasteiger partial charge on any atom is 0.213 e. The fraction of sp³-hybridized carbons (Fsp3) is 0.522. The quantitative estimate of drug-likeness (QED) is 0.513. The van der Waals surface area contributed by atoms with Crippen molar-refractivity contribution in [1.82, 2.24) is 0 Å². The summed E-state index contributed by atoms with van der Waals surface area (Å²) in [6.07, 6.45) is 5.98. The van der Waals surface area contributed by atoms with E-state index in [1.54, 1.807) is 0 Å². The van der Waals surface area contributed by atoms with Gasteiger partial charge in [0, 0.05) is 26.2 Å². The highest BCUT2D eigenvalue weighted by molar-refractivity contribution is 7.80. The van der Waals surface area contributed by atoms with Crippen LogP contribution >= 0.6 is 7.26 Å². The van der Waals surface area contributed by atoms with Crippen LogP contribution in [-0.4, -0.2) is 20.0 Å². The van der Waals surface area contributed by atoms with Crippen LogP contribution in [0.1, 0.15) is 52.5 Å². The van der Waals surface area contributed by atoms with Gasteiger partial charge in [0.2, 0.25) is 11.9 Å². The van der Waals surface area contributed by atoms with Crippen LogP contribution in [0.3, 0.4) is 0 Å². The monoisotopic (exact) mass is 355 g/mol. The van der Waals surface area contributed by atoms with Crippen LogP contribution in [0.2, 0.25) is 0 Å². The summed E-state index contributed by atoms with van der Waals surface area (Å²) in [7, 11) is -1.05. The summed E-state index contributed by atoms with van der Waals surface area (Å²) < 4.78 is 2.67. The Bertz CT molecular complexity index is 783. The molecule has 2 aromatic rings. The Kier molecular flexibility index (Phi) is 4.61. The van der Waals surface area contributed by atoms with Crippen molar-refractivity contribution in [2.24, 2.45) is 0 Å². The molecule has 1 aromatic carbocycles. The second-order valence-electron chi connectivity index (χ2n) is 8.62. The van der Waals surface area contributed by atoms with Gasteiger partial charge in [-0.15, -0.1) is 0 Å². The Hall–Kier alpha value is -1.20. The van der Waals surface area contributed by atoms with Crippen LogP contribution in [0.4, 0.5) is 0 Å². The van der Waals surface area contributed by atoms with E-state index in [0.29, 0.717) is 0 Å². The molecular weight excluding hydrogens is 321 g/mol. The number of hydrogen-bond donors (Lipinski definition) is 0. The van der Waals surface area contributed by atoms with E-state index >= 15 is 0 Å². The summed E-state index contributed by atoms with van der Waals surface area (Å²) in [6, 6.07) is 13.8. The average molecular weight is 356 g/mol. The van der Waals surface area contributed by atoms with Gasteiger partial charge in [0.05, 0.1) is 31.0 Å². The van der Waals surface area contributed by atoms with Gasteiger partial charge in [-0.05, 0) is 31.0 Å². The zero-order valence-electron chi connectivity index (χ0n) is 17.1. The van der Waals surface area contributed by atoms with Crippen LogP contribution in [0, 0.1) is 0 Å². The molecule has 0 saturated heterocycles. The molecule has 0 saturated carbocycles. The van der Waals surface area contributed by atoms with E-state index in [1.807, 2.05) is 0 Å². The number of fused-ring (bicyclic) bond motifs is 3. The average Bonchev–Trinajstić information content (AvgIpc) is 2.61. The highest BCUT2D eigenvalue weighted by Crippen LogP contribution is 2.52. The van der Waals surface area contributed by atoms with Gasteiger partial charge in [0.25, 0.3) is 0 Å². The molecule has 1 unspecified atom stereocenters. The Morgan fingerprint density at radius 3 is 2.08 bits per heavy atom. The lowest BCUT2D eigenvalue weighted by molar-refractivity contribution is -0.769. The fourth-order valence-electron chi connectivity index (χ4n) is 5.05. The molecule has 1 aliphatic heterocycles. The Morgan fingerprint density at radius 2 is 1.52 bits per heavy atom. The Balaban J connectivity index is 2.43. The number of pyridine rings is 1. The van der Waals surface area contributed by atoms with E-state index in [2.05, 4.69) is 94.9 Å². The molecule has 134 valence electrons. The van der Waals surface area contributed by atoms with E-state index in [1.165, 1.54) is 22.1 Å². The number of aromatic nitrogens is 1. The van der Waals surface area contributed by atoms with Gasteiger partial charge in [0.15, 0.2) is 10.8 Å². The molecule has 0 radical (unpaired) electrons. The Labute approximate surface area is 154 Å². The lowest BCUT2D eigenvalue weighted by Gasteiger charge is -2.47. The van der Waals surface area contributed by atoms with E-state index in [0.717, 1.165) is 19.3 Å². The number of hydrogen-bond acceptors (Lipinski definition) is 0. The van der Waals surface area contributed by atoms with Gasteiger partial charge in [0.1, 0.15) is 0 Å². The molecule has 1 aromatic heterocycles. The van der Waals surface area contributed by atoms with Crippen molar-refractivity contribution < 1.29 is 4.57 Å². The smallest absolute Gasteiger partial charge is 0.188 e. The van der Waals surface area contributed by atoms with Gasteiger partial charge >= 0.3 is 0 Å². The van der Waals surface area contributed by atoms with Gasteiger partial charge in [-0.1, -0.05) is 39.0 Å². The highest BCUT2D eigenvalue weighted by atomic mass is 31.2. The van der Waals surface area contributed by atoms with Crippen molar-refractivity contribution in [2.45, 2.75) is 57.9 Å². The van der Waals surface area contributed by atoms with E-state index in [4.69, 9.17) is 0 Å². The fourth-order valence-corrected chi connectivity index (χ4v) is 6.04. The Morgan fingerprint density at radius 1 is 0.880 bits per heavy atom. The molecule has 2 heterocycles. The third-order valence-corrected chi connectivity index (χ3v) is 8.68. The molecule has 1 nitrogen and oxygen atoms in total. The molecule has 1 aliphatic rings. The molecule has 3 rings (SSSR count). The van der Waals surface area contributed by atoms with Crippen molar-refractivity contribution in [3.8, 4) is 11.3 Å². The highest BCUT2D eigenvalue weighted by Gasteiger charge is 2.58. The van der Waals surface area contributed by atoms with Crippen molar-refractivity contribution >= 4 is 12.6 Å². The molecule has 0 N–H and O–H groups in total. The van der Waals surface area contributed by atoms with Crippen LogP contribution in [0.15, 0.2) is 42.6 Å². The molecule has 2 heteroatoms. The van der Waals surface area contributed by atoms with Crippen molar-refractivity contribution in [3.63, 3.8) is 0 Å². The molecule has 0 amide bonds. The topological polar surface area (TPSA) is 3.88 Å². The van der Waals surface area contributed by atoms with Gasteiger partial charge in [-0.3, -0.25) is 0 Å². The molecule has 0 fully saturated rings. The number of benzene rings is 1. The molecule has 1 atom stereocenters. The largest absolute Gasteiger partial charge is 0.213 e. The maximum absolute atomic E-state index is 2.67. The van der Waals surface area contributed by atoms with Crippen LogP contribution in [-0.2, 0) is 11.0 Å². The first-order valence-electron chi connectivity index (χ1n) is 9.73. The van der Waals surface area contributed by atoms with Gasteiger partial charge < -0.3 is 0 Å². The molecule has 0 bridgehead atoms. The number of rotatable bonds is 4. The van der Waals surface area contributed by atoms with Crippen LogP contribution in [0.5, 0.6) is 0 Å². The summed E-state index contributed by atoms with van der Waals surface area (Å²) in [5.41, 5.74) is 4.63. The summed E-state index contributed by atoms with van der Waals surface area (Å²) in [5.74, 6) is 0. The first-order chi connectivity index (χ1) is 11.7. The SMILES string of the molecule is CCC1(C)c2ccccc2-c2ccc([P+](C)(C)C)c[n+]2C1(CC)CC. The first-order valence-corrected chi connectivity index (χ1v) is 12.9. The summed E-state index contributed by atoms with van der Waals surface area (Å²) in [6.45, 7) is 16.9. The summed E-state index contributed by atoms with van der Waals surface area (Å²) in [5, 5.41) is 1.53. The van der Waals surface area contributed by atoms with Crippen LogP contribution < -0.4 is 9.87 Å². The standard InChI is InChI=1S/C23H34NP/c1-8-22(4)20-14-12-11-13-19(20)21-16-15-18(25(5,6)7)17-24(21)23(22,9-2)10-3/h11-17H,8-10H2,1-7H3/q+2. The molecule has 25 heavy (non-hydrogen) atoms. The normalized spacial score (nSPS) is 21.6. The first kappa shape index (κ1) is 18.6. The number of nitrogens with zero attached hydrogens (tertiary/aromatic N) is 1. The molecular formula is C23H34NP+2. The third-order valence-electron chi connectivity index (χ3n) is 6.87. The lowest BCUT2D eigenvalue weighted by atomic mass is 9.59. The van der Waals surface area contributed by atoms with E-state index in [-0.39, 0.29) is 11.0 Å². The minimum Gasteiger partial charge on any atom is -0.188 e. The van der Waals surface area contributed by atoms with E-state index < -0.39 is 7.26 Å². The zero-order valence-corrected chi connectivity index (χ0v) is 18.0. The van der Waals surface area contributed by atoms with Crippen molar-refractivity contribution in [3.05, 3.63) is 48.2 Å². The van der Waals surface area contributed by atoms with Gasteiger partial charge in [-0.2, -0.15) is 4.57 Å². The van der Waals surface area contributed by atoms with Gasteiger partial charge in [-0.25, -0.2) is 0 Å². The predicted octanol–water partition coefficient (Wildman–Crippen LogP) is 5.37. The minimum atomic E-state index is -1.05. The summed E-state index contributed by atoms with van der Waals surface area (Å²) >= 11 is 0. The van der Waals surface area contributed by atoms with Crippen molar-refractivity contribution in [2.75, 3.05) is 20.0 Å². The minimum absolute atomic E-state index is 0.136. The lowest BCUT2D eigenvalue weighted by Crippen LogP contribution is -2.69. The van der Waals surface area contributed by atoms with Crippen molar-refractivity contribution in [1.29, 1.82) is 0 Å². The van der Waals surface area contributed by atoms with E-state index in [9.17, 15) is 0 Å². The third kappa shape index (κ3) is 2.50. The second-order valence-corrected chi connectivity index (χ2v) is 13.2. The zero-order chi connectivity index (χ0) is 18.5. The molecule has 0 aliphatic carbocycles. The maximum atomic E-state index is 2.67. The van der Waals surface area contributed by atoms with Crippen LogP contribution in [0.25, 0.3) is 11.3 Å². The second kappa shape index (κ2) is 6.20. The molecule has 0 spiro atoms. The predicted molar refractivity (Wildman–Crippen MR) is 113 cm³/mol. The summed E-state index contributed by atoms with van der Waals surface area (Å²) in [4.78, 5) is 0.